The minimum atomic E-state index is -0.515. The summed E-state index contributed by atoms with van der Waals surface area (Å²) in [5, 5.41) is 10.4. The molecular formula is C23H42N4O3. The van der Waals surface area contributed by atoms with E-state index in [1.807, 2.05) is 12.1 Å². The SMILES string of the molecule is CCN(CC)CCN(C)Cc1ccc(OC)c(OCC(O)CN2CCN(C)CC2)c1. The van der Waals surface area contributed by atoms with Crippen molar-refractivity contribution in [1.29, 1.82) is 0 Å². The lowest BCUT2D eigenvalue weighted by atomic mass is 10.2. The number of hydrogen-bond donors (Lipinski definition) is 1. The highest BCUT2D eigenvalue weighted by Gasteiger charge is 2.18. The van der Waals surface area contributed by atoms with E-state index in [0.717, 1.165) is 58.9 Å². The minimum absolute atomic E-state index is 0.268. The summed E-state index contributed by atoms with van der Waals surface area (Å²) in [4.78, 5) is 9.37. The third-order valence-corrected chi connectivity index (χ3v) is 5.87. The smallest absolute Gasteiger partial charge is 0.161 e. The molecule has 1 heterocycles. The molecule has 0 radical (unpaired) electrons. The van der Waals surface area contributed by atoms with E-state index in [0.29, 0.717) is 18.0 Å². The van der Waals surface area contributed by atoms with Crippen LogP contribution in [-0.4, -0.2) is 118 Å². The minimum Gasteiger partial charge on any atom is -0.493 e. The molecule has 1 fully saturated rings. The standard InChI is InChI=1S/C23H42N4O3/c1-6-26(7-2)13-12-25(4)17-20-8-9-22(29-5)23(16-20)30-19-21(28)18-27-14-10-24(3)11-15-27/h8-9,16,21,28H,6-7,10-15,17-19H2,1-5H3. The van der Waals surface area contributed by atoms with Gasteiger partial charge in [0, 0.05) is 52.4 Å². The first kappa shape index (κ1) is 24.9. The second-order valence-electron chi connectivity index (χ2n) is 8.32. The van der Waals surface area contributed by atoms with Crippen LogP contribution in [0, 0.1) is 0 Å². The monoisotopic (exact) mass is 422 g/mol. The topological polar surface area (TPSA) is 51.7 Å². The van der Waals surface area contributed by atoms with Crippen molar-refractivity contribution in [2.24, 2.45) is 0 Å². The summed E-state index contributed by atoms with van der Waals surface area (Å²) in [6, 6.07) is 6.07. The molecule has 1 saturated heterocycles. The average molecular weight is 423 g/mol. The van der Waals surface area contributed by atoms with E-state index in [-0.39, 0.29) is 6.61 Å². The molecule has 7 heteroatoms. The summed E-state index contributed by atoms with van der Waals surface area (Å²) in [7, 11) is 5.93. The Morgan fingerprint density at radius 3 is 2.40 bits per heavy atom. The number of aliphatic hydroxyl groups is 1. The van der Waals surface area contributed by atoms with Gasteiger partial charge in [0.1, 0.15) is 12.7 Å². The summed E-state index contributed by atoms with van der Waals surface area (Å²) >= 11 is 0. The summed E-state index contributed by atoms with van der Waals surface area (Å²) < 4.78 is 11.4. The van der Waals surface area contributed by atoms with E-state index >= 15 is 0 Å². The van der Waals surface area contributed by atoms with Gasteiger partial charge in [-0.15, -0.1) is 0 Å². The maximum Gasteiger partial charge on any atom is 0.161 e. The number of ether oxygens (including phenoxy) is 2. The molecule has 1 aliphatic rings. The number of hydrogen-bond acceptors (Lipinski definition) is 7. The molecule has 1 atom stereocenters. The maximum atomic E-state index is 10.4. The molecule has 0 saturated carbocycles. The van der Waals surface area contributed by atoms with Crippen molar-refractivity contribution in [3.63, 3.8) is 0 Å². The van der Waals surface area contributed by atoms with Crippen LogP contribution in [0.3, 0.4) is 0 Å². The molecule has 0 aromatic heterocycles. The fourth-order valence-corrected chi connectivity index (χ4v) is 3.74. The van der Waals surface area contributed by atoms with Crippen LogP contribution < -0.4 is 9.47 Å². The van der Waals surface area contributed by atoms with Crippen molar-refractivity contribution in [3.8, 4) is 11.5 Å². The van der Waals surface area contributed by atoms with Crippen molar-refractivity contribution in [2.45, 2.75) is 26.5 Å². The molecule has 0 bridgehead atoms. The Balaban J connectivity index is 1.85. The van der Waals surface area contributed by atoms with Crippen LogP contribution in [0.25, 0.3) is 0 Å². The van der Waals surface area contributed by atoms with Crippen LogP contribution in [-0.2, 0) is 6.54 Å². The van der Waals surface area contributed by atoms with E-state index in [1.165, 1.54) is 5.56 Å². The Bertz CT molecular complexity index is 604. The van der Waals surface area contributed by atoms with Crippen LogP contribution >= 0.6 is 0 Å². The van der Waals surface area contributed by atoms with E-state index in [4.69, 9.17) is 9.47 Å². The Morgan fingerprint density at radius 1 is 1.07 bits per heavy atom. The molecule has 1 unspecified atom stereocenters. The van der Waals surface area contributed by atoms with Crippen LogP contribution in [0.1, 0.15) is 19.4 Å². The number of likely N-dealkylation sites (N-methyl/N-ethyl adjacent to an activating group) is 3. The number of nitrogens with zero attached hydrogens (tertiary/aromatic N) is 4. The largest absolute Gasteiger partial charge is 0.493 e. The zero-order valence-corrected chi connectivity index (χ0v) is 19.6. The fraction of sp³-hybridized carbons (Fsp3) is 0.739. The van der Waals surface area contributed by atoms with Gasteiger partial charge in [-0.25, -0.2) is 0 Å². The first-order valence-electron chi connectivity index (χ1n) is 11.2. The summed E-state index contributed by atoms with van der Waals surface area (Å²) in [6.45, 7) is 14.5. The quantitative estimate of drug-likeness (QED) is 0.516. The van der Waals surface area contributed by atoms with Gasteiger partial charge in [0.2, 0.25) is 0 Å². The van der Waals surface area contributed by atoms with Gasteiger partial charge < -0.3 is 29.3 Å². The van der Waals surface area contributed by atoms with Gasteiger partial charge in [0.25, 0.3) is 0 Å². The number of β-amino-alcohol motifs (C(OH)–C–C–N with tert-alkyl or cyclic N) is 1. The number of benzene rings is 1. The molecule has 0 aliphatic carbocycles. The van der Waals surface area contributed by atoms with Gasteiger partial charge in [0.05, 0.1) is 7.11 Å². The summed E-state index contributed by atoms with van der Waals surface area (Å²) in [5.74, 6) is 1.40. The van der Waals surface area contributed by atoms with Crippen LogP contribution in [0.4, 0.5) is 0 Å². The zero-order valence-electron chi connectivity index (χ0n) is 19.6. The van der Waals surface area contributed by atoms with Gasteiger partial charge in [-0.2, -0.15) is 0 Å². The molecule has 1 aromatic rings. The highest BCUT2D eigenvalue weighted by Crippen LogP contribution is 2.28. The molecule has 2 rings (SSSR count). The lowest BCUT2D eigenvalue weighted by Crippen LogP contribution is -2.47. The second kappa shape index (κ2) is 13.1. The summed E-state index contributed by atoms with van der Waals surface area (Å²) in [6.07, 6.45) is -0.515. The molecule has 1 aliphatic heterocycles. The fourth-order valence-electron chi connectivity index (χ4n) is 3.74. The second-order valence-corrected chi connectivity index (χ2v) is 8.32. The van der Waals surface area contributed by atoms with Crippen molar-refractivity contribution in [2.75, 3.05) is 86.7 Å². The molecule has 30 heavy (non-hydrogen) atoms. The Morgan fingerprint density at radius 2 is 1.77 bits per heavy atom. The first-order valence-corrected chi connectivity index (χ1v) is 11.2. The predicted molar refractivity (Wildman–Crippen MR) is 123 cm³/mol. The van der Waals surface area contributed by atoms with Crippen molar-refractivity contribution in [1.82, 2.24) is 19.6 Å². The van der Waals surface area contributed by atoms with Gasteiger partial charge in [-0.1, -0.05) is 19.9 Å². The van der Waals surface area contributed by atoms with Gasteiger partial charge >= 0.3 is 0 Å². The van der Waals surface area contributed by atoms with Gasteiger partial charge in [-0.05, 0) is 44.9 Å². The Hall–Kier alpha value is -1.38. The lowest BCUT2D eigenvalue weighted by molar-refractivity contribution is 0.0497. The number of methoxy groups -OCH3 is 1. The van der Waals surface area contributed by atoms with Crippen molar-refractivity contribution < 1.29 is 14.6 Å². The number of aliphatic hydroxyl groups excluding tert-OH is 1. The highest BCUT2D eigenvalue weighted by molar-refractivity contribution is 5.43. The van der Waals surface area contributed by atoms with Gasteiger partial charge in [-0.3, -0.25) is 4.90 Å². The first-order chi connectivity index (χ1) is 14.4. The van der Waals surface area contributed by atoms with Crippen LogP contribution in [0.15, 0.2) is 18.2 Å². The van der Waals surface area contributed by atoms with E-state index < -0.39 is 6.10 Å². The Kier molecular flexibility index (Phi) is 10.9. The van der Waals surface area contributed by atoms with Crippen molar-refractivity contribution in [3.05, 3.63) is 23.8 Å². The predicted octanol–water partition coefficient (Wildman–Crippen LogP) is 1.46. The van der Waals surface area contributed by atoms with E-state index in [9.17, 15) is 5.11 Å². The maximum absolute atomic E-state index is 10.4. The molecule has 1 aromatic carbocycles. The third-order valence-electron chi connectivity index (χ3n) is 5.87. The molecule has 172 valence electrons. The average Bonchev–Trinajstić information content (AvgIpc) is 2.74. The molecule has 7 nitrogen and oxygen atoms in total. The van der Waals surface area contributed by atoms with Crippen molar-refractivity contribution >= 4 is 0 Å². The number of rotatable bonds is 13. The summed E-state index contributed by atoms with van der Waals surface area (Å²) in [5.41, 5.74) is 1.18. The van der Waals surface area contributed by atoms with E-state index in [2.05, 4.69) is 53.6 Å². The molecular weight excluding hydrogens is 380 g/mol. The van der Waals surface area contributed by atoms with E-state index in [1.54, 1.807) is 7.11 Å². The van der Waals surface area contributed by atoms with Crippen LogP contribution in [0.5, 0.6) is 11.5 Å². The molecule has 0 amide bonds. The third kappa shape index (κ3) is 8.40. The number of piperazine rings is 1. The lowest BCUT2D eigenvalue weighted by Gasteiger charge is -2.33. The van der Waals surface area contributed by atoms with Crippen LogP contribution in [0.2, 0.25) is 0 Å². The normalized spacial score (nSPS) is 16.9. The van der Waals surface area contributed by atoms with Gasteiger partial charge in [0.15, 0.2) is 11.5 Å². The molecule has 0 spiro atoms. The Labute approximate surface area is 183 Å². The zero-order chi connectivity index (χ0) is 21.9. The highest BCUT2D eigenvalue weighted by atomic mass is 16.5. The molecule has 1 N–H and O–H groups in total.